The van der Waals surface area contributed by atoms with Crippen LogP contribution in [0.4, 0.5) is 24.5 Å². The molecule has 13 heteroatoms. The molecule has 1 aromatic heterocycles. The first-order valence-electron chi connectivity index (χ1n) is 12.9. The fourth-order valence-corrected chi connectivity index (χ4v) is 5.53. The maximum Gasteiger partial charge on any atom is 0.418 e. The van der Waals surface area contributed by atoms with Crippen LogP contribution in [0.5, 0.6) is 0 Å². The maximum absolute atomic E-state index is 14.2. The minimum absolute atomic E-state index is 0.0735. The number of nitrogens with one attached hydrogen (secondary N) is 2. The van der Waals surface area contributed by atoms with E-state index in [4.69, 9.17) is 16.3 Å². The summed E-state index contributed by atoms with van der Waals surface area (Å²) in [6.45, 7) is 6.55. The van der Waals surface area contributed by atoms with E-state index in [9.17, 15) is 27.6 Å². The van der Waals surface area contributed by atoms with Crippen molar-refractivity contribution >= 4 is 52.0 Å². The first-order chi connectivity index (χ1) is 18.7. The number of carbonyl (C=O) groups excluding carboxylic acids is 3. The second kappa shape index (κ2) is 12.1. The SMILES string of the molecule is CC(C)(C)CN(C1CC1)[C@H](CNC(=O)c1ccc(Cl)s1)C(=O)Nc1ccc(N2CCOCC2=O)cc1C(F)(F)F. The molecule has 2 aliphatic rings. The molecule has 1 aromatic carbocycles. The fraction of sp³-hybridized carbons (Fsp3) is 0.519. The van der Waals surface area contributed by atoms with E-state index in [1.807, 2.05) is 25.7 Å². The molecule has 3 amide bonds. The third-order valence-electron chi connectivity index (χ3n) is 6.49. The van der Waals surface area contributed by atoms with Gasteiger partial charge in [-0.05, 0) is 48.6 Å². The van der Waals surface area contributed by atoms with Crippen LogP contribution in [0, 0.1) is 5.41 Å². The Morgan fingerprint density at radius 1 is 1.20 bits per heavy atom. The largest absolute Gasteiger partial charge is 0.418 e. The molecule has 2 aromatic rings. The number of hydrogen-bond donors (Lipinski definition) is 2. The molecule has 8 nitrogen and oxygen atoms in total. The molecule has 2 fully saturated rings. The number of halogens is 4. The van der Waals surface area contributed by atoms with Crippen molar-refractivity contribution in [3.05, 3.63) is 45.1 Å². The molecule has 1 atom stereocenters. The molecule has 0 bridgehead atoms. The Hall–Kier alpha value is -2.67. The number of ether oxygens (including phenoxy) is 1. The van der Waals surface area contributed by atoms with Gasteiger partial charge in [-0.25, -0.2) is 0 Å². The van der Waals surface area contributed by atoms with Crippen molar-refractivity contribution in [2.24, 2.45) is 5.41 Å². The van der Waals surface area contributed by atoms with Gasteiger partial charge in [-0.1, -0.05) is 32.4 Å². The average Bonchev–Trinajstić information content (AvgIpc) is 3.62. The predicted molar refractivity (Wildman–Crippen MR) is 148 cm³/mol. The predicted octanol–water partition coefficient (Wildman–Crippen LogP) is 5.03. The van der Waals surface area contributed by atoms with E-state index in [0.29, 0.717) is 15.8 Å². The van der Waals surface area contributed by atoms with E-state index in [1.165, 1.54) is 11.0 Å². The van der Waals surface area contributed by atoms with Gasteiger partial charge < -0.3 is 20.3 Å². The zero-order chi connectivity index (χ0) is 29.2. The fourth-order valence-electron chi connectivity index (χ4n) is 4.57. The highest BCUT2D eigenvalue weighted by Crippen LogP contribution is 2.38. The number of hydrogen-bond acceptors (Lipinski definition) is 6. The maximum atomic E-state index is 14.2. The van der Waals surface area contributed by atoms with Crippen LogP contribution in [0.25, 0.3) is 0 Å². The summed E-state index contributed by atoms with van der Waals surface area (Å²) in [6, 6.07) is 5.72. The Balaban J connectivity index is 1.61. The minimum atomic E-state index is -4.79. The molecular formula is C27H32ClF3N4O4S. The normalized spacial score (nSPS) is 17.2. The van der Waals surface area contributed by atoms with Gasteiger partial charge in [0.2, 0.25) is 5.91 Å². The van der Waals surface area contributed by atoms with E-state index in [0.717, 1.165) is 36.3 Å². The van der Waals surface area contributed by atoms with Crippen LogP contribution < -0.4 is 15.5 Å². The van der Waals surface area contributed by atoms with Crippen molar-refractivity contribution in [1.29, 1.82) is 0 Å². The van der Waals surface area contributed by atoms with Crippen LogP contribution in [0.1, 0.15) is 48.8 Å². The van der Waals surface area contributed by atoms with Crippen LogP contribution in [0.2, 0.25) is 4.34 Å². The third kappa shape index (κ3) is 7.74. The molecule has 218 valence electrons. The topological polar surface area (TPSA) is 91.0 Å². The first kappa shape index (κ1) is 30.3. The highest BCUT2D eigenvalue weighted by Gasteiger charge is 2.41. The number of morpholine rings is 1. The van der Waals surface area contributed by atoms with E-state index in [1.54, 1.807) is 12.1 Å². The van der Waals surface area contributed by atoms with E-state index >= 15 is 0 Å². The zero-order valence-electron chi connectivity index (χ0n) is 22.4. The molecule has 2 heterocycles. The smallest absolute Gasteiger partial charge is 0.370 e. The second-order valence-electron chi connectivity index (χ2n) is 11.1. The Morgan fingerprint density at radius 2 is 1.93 bits per heavy atom. The Labute approximate surface area is 239 Å². The number of anilines is 2. The van der Waals surface area contributed by atoms with Crippen molar-refractivity contribution in [2.45, 2.75) is 51.9 Å². The summed E-state index contributed by atoms with van der Waals surface area (Å²) in [4.78, 5) is 42.2. The summed E-state index contributed by atoms with van der Waals surface area (Å²) in [5, 5.41) is 5.24. The molecule has 0 radical (unpaired) electrons. The number of amides is 3. The Bertz CT molecular complexity index is 1260. The van der Waals surface area contributed by atoms with Gasteiger partial charge in [0, 0.05) is 31.4 Å². The van der Waals surface area contributed by atoms with Crippen molar-refractivity contribution in [2.75, 3.05) is 43.1 Å². The summed E-state index contributed by atoms with van der Waals surface area (Å²) >= 11 is 7.04. The average molecular weight is 601 g/mol. The lowest BCUT2D eigenvalue weighted by Crippen LogP contribution is -2.53. The van der Waals surface area contributed by atoms with Crippen LogP contribution in [-0.4, -0.2) is 67.6 Å². The molecule has 1 saturated carbocycles. The molecule has 0 unspecified atom stereocenters. The third-order valence-corrected chi connectivity index (χ3v) is 7.72. The van der Waals surface area contributed by atoms with Gasteiger partial charge in [0.05, 0.1) is 27.1 Å². The molecular weight excluding hydrogens is 569 g/mol. The number of carbonyl (C=O) groups is 3. The molecule has 4 rings (SSSR count). The number of thiophene rings is 1. The van der Waals surface area contributed by atoms with E-state index < -0.39 is 41.2 Å². The van der Waals surface area contributed by atoms with Gasteiger partial charge in [0.25, 0.3) is 11.8 Å². The monoisotopic (exact) mass is 600 g/mol. The molecule has 40 heavy (non-hydrogen) atoms. The van der Waals surface area contributed by atoms with Gasteiger partial charge in [-0.15, -0.1) is 11.3 Å². The van der Waals surface area contributed by atoms with Gasteiger partial charge in [-0.3, -0.25) is 19.3 Å². The zero-order valence-corrected chi connectivity index (χ0v) is 24.0. The lowest BCUT2D eigenvalue weighted by atomic mass is 9.94. The molecule has 1 aliphatic heterocycles. The molecule has 2 N–H and O–H groups in total. The van der Waals surface area contributed by atoms with Gasteiger partial charge >= 0.3 is 6.18 Å². The number of alkyl halides is 3. The minimum Gasteiger partial charge on any atom is -0.370 e. The number of benzene rings is 1. The standard InChI is InChI=1S/C27H32ClF3N4O4S/c1-26(2,3)15-35(16-4-5-16)20(13-32-25(38)21-8-9-22(28)40-21)24(37)33-19-7-6-17(12-18(19)27(29,30)31)34-10-11-39-14-23(34)36/h6-9,12,16,20H,4-5,10-11,13-15H2,1-3H3,(H,32,38)(H,33,37)/t20-/m1/s1. The summed E-state index contributed by atoms with van der Waals surface area (Å²) < 4.78 is 48.0. The van der Waals surface area contributed by atoms with Crippen LogP contribution >= 0.6 is 22.9 Å². The van der Waals surface area contributed by atoms with Crippen molar-refractivity contribution < 1.29 is 32.3 Å². The second-order valence-corrected chi connectivity index (χ2v) is 12.8. The van der Waals surface area contributed by atoms with E-state index in [-0.39, 0.29) is 43.4 Å². The lowest BCUT2D eigenvalue weighted by Gasteiger charge is -2.36. The Kier molecular flexibility index (Phi) is 9.13. The van der Waals surface area contributed by atoms with Gasteiger partial charge in [0.15, 0.2) is 0 Å². The van der Waals surface area contributed by atoms with Gasteiger partial charge in [0.1, 0.15) is 12.6 Å². The first-order valence-corrected chi connectivity index (χ1v) is 14.1. The number of rotatable bonds is 9. The van der Waals surface area contributed by atoms with Crippen LogP contribution in [-0.2, 0) is 20.5 Å². The van der Waals surface area contributed by atoms with Gasteiger partial charge in [-0.2, -0.15) is 13.2 Å². The number of nitrogens with zero attached hydrogens (tertiary/aromatic N) is 2. The van der Waals surface area contributed by atoms with Crippen LogP contribution in [0.3, 0.4) is 0 Å². The summed E-state index contributed by atoms with van der Waals surface area (Å²) in [5.41, 5.74) is -1.63. The summed E-state index contributed by atoms with van der Waals surface area (Å²) in [6.07, 6.45) is -3.09. The van der Waals surface area contributed by atoms with Crippen molar-refractivity contribution in [1.82, 2.24) is 10.2 Å². The molecule has 1 saturated heterocycles. The van der Waals surface area contributed by atoms with Crippen molar-refractivity contribution in [3.8, 4) is 0 Å². The quantitative estimate of drug-likeness (QED) is 0.421. The summed E-state index contributed by atoms with van der Waals surface area (Å²) in [7, 11) is 0. The van der Waals surface area contributed by atoms with E-state index in [2.05, 4.69) is 10.6 Å². The Morgan fingerprint density at radius 3 is 2.50 bits per heavy atom. The van der Waals surface area contributed by atoms with Crippen LogP contribution in [0.15, 0.2) is 30.3 Å². The van der Waals surface area contributed by atoms with Crippen molar-refractivity contribution in [3.63, 3.8) is 0 Å². The highest BCUT2D eigenvalue weighted by atomic mass is 35.5. The highest BCUT2D eigenvalue weighted by molar-refractivity contribution is 7.18. The molecule has 1 aliphatic carbocycles. The molecule has 0 spiro atoms. The summed E-state index contributed by atoms with van der Waals surface area (Å²) in [5.74, 6) is -1.53. The lowest BCUT2D eigenvalue weighted by molar-refractivity contribution is -0.137.